The molecule has 0 aromatic carbocycles. The van der Waals surface area contributed by atoms with Crippen LogP contribution in [0.1, 0.15) is 56.7 Å². The van der Waals surface area contributed by atoms with Crippen molar-refractivity contribution in [3.8, 4) is 0 Å². The number of hydrogen-bond donors (Lipinski definition) is 1. The molecule has 4 rings (SSSR count). The normalized spacial score (nSPS) is 13.5. The minimum Gasteiger partial charge on any atom is -0.465 e. The molecule has 0 aliphatic heterocycles. The highest BCUT2D eigenvalue weighted by Crippen LogP contribution is 2.38. The van der Waals surface area contributed by atoms with E-state index in [-0.39, 0.29) is 11.7 Å². The van der Waals surface area contributed by atoms with Gasteiger partial charge in [-0.05, 0) is 38.2 Å². The molecular weight excluding hydrogens is 456 g/mol. The average molecular weight is 479 g/mol. The van der Waals surface area contributed by atoms with Gasteiger partial charge in [-0.2, -0.15) is 0 Å². The van der Waals surface area contributed by atoms with Crippen LogP contribution < -0.4 is 5.32 Å². The molecule has 11 heteroatoms. The molecule has 0 spiro atoms. The summed E-state index contributed by atoms with van der Waals surface area (Å²) >= 11 is 4.21. The largest absolute Gasteiger partial charge is 0.465 e. The van der Waals surface area contributed by atoms with Gasteiger partial charge < -0.3 is 14.5 Å². The molecule has 3 heterocycles. The number of carbonyl (C=O) groups excluding carboxylic acids is 2. The van der Waals surface area contributed by atoms with Crippen molar-refractivity contribution in [2.45, 2.75) is 50.7 Å². The maximum atomic E-state index is 12.6. The molecule has 0 radical (unpaired) electrons. The fraction of sp³-hybridized carbons (Fsp3) is 0.450. The van der Waals surface area contributed by atoms with Crippen LogP contribution in [0.15, 0.2) is 15.0 Å². The van der Waals surface area contributed by atoms with Crippen molar-refractivity contribution in [3.63, 3.8) is 0 Å². The summed E-state index contributed by atoms with van der Waals surface area (Å²) in [7, 11) is 1.37. The van der Waals surface area contributed by atoms with E-state index in [2.05, 4.69) is 20.5 Å². The van der Waals surface area contributed by atoms with E-state index in [4.69, 9.17) is 9.15 Å². The zero-order valence-electron chi connectivity index (χ0n) is 17.2. The standard InChI is InChI=1S/C20H22N4O4S3/c1-11-21-12(9-29-11)8-16-23-24-20(28-16)30-10-15(25)22-18-17(19(26)27-2)13-6-4-3-5-7-14(13)31-18/h9H,3-8,10H2,1-2H3,(H,22,25). The van der Waals surface area contributed by atoms with Gasteiger partial charge in [0, 0.05) is 10.3 Å². The van der Waals surface area contributed by atoms with Crippen molar-refractivity contribution in [2.24, 2.45) is 0 Å². The Hall–Kier alpha value is -2.24. The van der Waals surface area contributed by atoms with Gasteiger partial charge in [-0.15, -0.1) is 32.9 Å². The van der Waals surface area contributed by atoms with Crippen molar-refractivity contribution in [1.29, 1.82) is 0 Å². The van der Waals surface area contributed by atoms with E-state index in [0.29, 0.717) is 28.1 Å². The molecule has 1 N–H and O–H groups in total. The number of carbonyl (C=O) groups is 2. The number of thiazole rings is 1. The van der Waals surface area contributed by atoms with Gasteiger partial charge in [0.25, 0.3) is 5.22 Å². The minimum absolute atomic E-state index is 0.0978. The summed E-state index contributed by atoms with van der Waals surface area (Å²) in [4.78, 5) is 30.5. The van der Waals surface area contributed by atoms with E-state index in [1.165, 1.54) is 23.3 Å². The van der Waals surface area contributed by atoms with Gasteiger partial charge >= 0.3 is 5.97 Å². The van der Waals surface area contributed by atoms with Gasteiger partial charge in [0.1, 0.15) is 5.00 Å². The molecule has 1 amide bonds. The molecule has 0 saturated carbocycles. The molecule has 164 valence electrons. The Balaban J connectivity index is 1.38. The molecule has 1 aliphatic rings. The summed E-state index contributed by atoms with van der Waals surface area (Å²) in [5, 5.41) is 14.7. The molecule has 31 heavy (non-hydrogen) atoms. The third kappa shape index (κ3) is 5.34. The molecule has 0 fully saturated rings. The van der Waals surface area contributed by atoms with Crippen LogP contribution in [0.2, 0.25) is 0 Å². The Bertz CT molecular complexity index is 1090. The fourth-order valence-corrected chi connectivity index (χ4v) is 5.94. The van der Waals surface area contributed by atoms with Gasteiger partial charge in [-0.25, -0.2) is 9.78 Å². The summed E-state index contributed by atoms with van der Waals surface area (Å²) < 4.78 is 10.6. The Kier molecular flexibility index (Phi) is 7.03. The lowest BCUT2D eigenvalue weighted by atomic mass is 10.1. The first kappa shape index (κ1) is 22.0. The lowest BCUT2D eigenvalue weighted by molar-refractivity contribution is -0.113. The second kappa shape index (κ2) is 9.92. The monoisotopic (exact) mass is 478 g/mol. The van der Waals surface area contributed by atoms with Gasteiger partial charge in [-0.3, -0.25) is 4.79 Å². The highest BCUT2D eigenvalue weighted by molar-refractivity contribution is 7.99. The first-order valence-electron chi connectivity index (χ1n) is 9.92. The Morgan fingerprint density at radius 3 is 2.87 bits per heavy atom. The van der Waals surface area contributed by atoms with E-state index in [1.807, 2.05) is 12.3 Å². The number of thiophene rings is 1. The predicted molar refractivity (Wildman–Crippen MR) is 120 cm³/mol. The number of methoxy groups -OCH3 is 1. The van der Waals surface area contributed by atoms with Crippen molar-refractivity contribution in [1.82, 2.24) is 15.2 Å². The molecule has 0 atom stereocenters. The summed E-state index contributed by atoms with van der Waals surface area (Å²) in [6.45, 7) is 1.94. The summed E-state index contributed by atoms with van der Waals surface area (Å²) in [5.74, 6) is -0.0774. The number of nitrogens with one attached hydrogen (secondary N) is 1. The van der Waals surface area contributed by atoms with Gasteiger partial charge in [0.15, 0.2) is 0 Å². The lowest BCUT2D eigenvalue weighted by Gasteiger charge is -2.07. The number of hydrogen-bond acceptors (Lipinski definition) is 10. The molecule has 8 nitrogen and oxygen atoms in total. The number of nitrogens with zero attached hydrogens (tertiary/aromatic N) is 3. The van der Waals surface area contributed by atoms with Crippen LogP contribution in [-0.4, -0.2) is 39.9 Å². The second-order valence-electron chi connectivity index (χ2n) is 7.09. The fourth-order valence-electron chi connectivity index (χ4n) is 3.45. The van der Waals surface area contributed by atoms with Crippen LogP contribution >= 0.6 is 34.4 Å². The highest BCUT2D eigenvalue weighted by atomic mass is 32.2. The predicted octanol–water partition coefficient (Wildman–Crippen LogP) is 4.27. The van der Waals surface area contributed by atoms with E-state index >= 15 is 0 Å². The third-order valence-corrected chi connectivity index (χ3v) is 7.69. The smallest absolute Gasteiger partial charge is 0.341 e. The van der Waals surface area contributed by atoms with Crippen molar-refractivity contribution in [3.05, 3.63) is 38.0 Å². The highest BCUT2D eigenvalue weighted by Gasteiger charge is 2.26. The van der Waals surface area contributed by atoms with Gasteiger partial charge in [-0.1, -0.05) is 18.2 Å². The van der Waals surface area contributed by atoms with Crippen LogP contribution in [0.5, 0.6) is 0 Å². The van der Waals surface area contributed by atoms with Crippen molar-refractivity contribution in [2.75, 3.05) is 18.2 Å². The molecule has 1 aliphatic carbocycles. The molecule has 3 aromatic rings. The topological polar surface area (TPSA) is 107 Å². The number of esters is 1. The second-order valence-corrected chi connectivity index (χ2v) is 10.2. The van der Waals surface area contributed by atoms with Crippen LogP contribution in [0, 0.1) is 6.92 Å². The SMILES string of the molecule is COC(=O)c1c(NC(=O)CSc2nnc(Cc3csc(C)n3)o2)sc2c1CCCCC2. The number of amides is 1. The number of ether oxygens (including phenoxy) is 1. The number of anilines is 1. The van der Waals surface area contributed by atoms with E-state index < -0.39 is 5.97 Å². The van der Waals surface area contributed by atoms with Crippen LogP contribution in [0.4, 0.5) is 5.00 Å². The summed E-state index contributed by atoms with van der Waals surface area (Å²) in [6, 6.07) is 0. The van der Waals surface area contributed by atoms with Crippen LogP contribution in [0.3, 0.4) is 0 Å². The van der Waals surface area contributed by atoms with Crippen molar-refractivity contribution < 1.29 is 18.7 Å². The number of aromatic nitrogens is 3. The molecule has 0 bridgehead atoms. The third-order valence-electron chi connectivity index (χ3n) is 4.84. The maximum Gasteiger partial charge on any atom is 0.341 e. The quantitative estimate of drug-likeness (QED) is 0.305. The van der Waals surface area contributed by atoms with Gasteiger partial charge in [0.05, 0.1) is 35.5 Å². The molecule has 0 unspecified atom stereocenters. The van der Waals surface area contributed by atoms with E-state index in [0.717, 1.165) is 60.1 Å². The van der Waals surface area contributed by atoms with E-state index in [9.17, 15) is 9.59 Å². The molecular formula is C20H22N4O4S3. The summed E-state index contributed by atoms with van der Waals surface area (Å²) in [6.07, 6.45) is 5.51. The Morgan fingerprint density at radius 1 is 1.26 bits per heavy atom. The lowest BCUT2D eigenvalue weighted by Crippen LogP contribution is -2.16. The van der Waals surface area contributed by atoms with Crippen LogP contribution in [0.25, 0.3) is 0 Å². The number of thioether (sulfide) groups is 1. The Labute approximate surface area is 191 Å². The van der Waals surface area contributed by atoms with E-state index in [1.54, 1.807) is 11.3 Å². The zero-order valence-corrected chi connectivity index (χ0v) is 19.7. The van der Waals surface area contributed by atoms with Crippen molar-refractivity contribution >= 4 is 51.3 Å². The minimum atomic E-state index is -0.402. The average Bonchev–Trinajstić information content (AvgIpc) is 3.41. The number of aryl methyl sites for hydroxylation is 2. The maximum absolute atomic E-state index is 12.6. The molecule has 3 aromatic heterocycles. The van der Waals surface area contributed by atoms with Crippen LogP contribution in [-0.2, 0) is 28.8 Å². The zero-order chi connectivity index (χ0) is 21.8. The number of rotatable bonds is 7. The first-order valence-corrected chi connectivity index (χ1v) is 12.6. The first-order chi connectivity index (χ1) is 15.0. The summed E-state index contributed by atoms with van der Waals surface area (Å²) in [5.41, 5.74) is 2.41. The van der Waals surface area contributed by atoms with Gasteiger partial charge in [0.2, 0.25) is 11.8 Å². The Morgan fingerprint density at radius 2 is 2.10 bits per heavy atom. The molecule has 0 saturated heterocycles. The number of fused-ring (bicyclic) bond motifs is 1.